The third-order valence-electron chi connectivity index (χ3n) is 3.18. The zero-order valence-corrected chi connectivity index (χ0v) is 12.9. The quantitative estimate of drug-likeness (QED) is 0.660. The van der Waals surface area contributed by atoms with Gasteiger partial charge < -0.3 is 9.47 Å². The Morgan fingerprint density at radius 3 is 2.59 bits per heavy atom. The number of pyridine rings is 2. The van der Waals surface area contributed by atoms with E-state index in [-0.39, 0.29) is 0 Å². The van der Waals surface area contributed by atoms with Gasteiger partial charge in [0.15, 0.2) is 0 Å². The van der Waals surface area contributed by atoms with Gasteiger partial charge in [0.05, 0.1) is 18.2 Å². The number of hydrogen-bond acceptors (Lipinski definition) is 4. The Hall–Kier alpha value is -2.33. The van der Waals surface area contributed by atoms with Crippen LogP contribution in [-0.2, 0) is 6.61 Å². The van der Waals surface area contributed by atoms with Crippen LogP contribution < -0.4 is 9.47 Å². The molecule has 2 aromatic heterocycles. The molecular weight excluding hydrogens is 300 g/mol. The van der Waals surface area contributed by atoms with Crippen molar-refractivity contribution in [1.82, 2.24) is 9.97 Å². The van der Waals surface area contributed by atoms with Crippen LogP contribution in [0.15, 0.2) is 48.8 Å². The molecule has 4 nitrogen and oxygen atoms in total. The Morgan fingerprint density at radius 2 is 1.82 bits per heavy atom. The molecule has 3 rings (SSSR count). The monoisotopic (exact) mass is 314 g/mol. The summed E-state index contributed by atoms with van der Waals surface area (Å²) in [5.41, 5.74) is 1.08. The molecule has 0 bridgehead atoms. The van der Waals surface area contributed by atoms with Crippen molar-refractivity contribution in [3.8, 4) is 11.6 Å². The van der Waals surface area contributed by atoms with Crippen LogP contribution in [0.2, 0.25) is 5.15 Å². The standard InChI is InChI=1S/C17H15ClN2O2/c1-2-21-15-10-20-17(14-9-19-16(18)8-13(14)15)22-11-12-6-4-3-5-7-12/h3-10H,2,11H2,1H3. The van der Waals surface area contributed by atoms with Gasteiger partial charge in [-0.1, -0.05) is 41.9 Å². The zero-order chi connectivity index (χ0) is 15.4. The highest BCUT2D eigenvalue weighted by Gasteiger charge is 2.11. The van der Waals surface area contributed by atoms with Crippen LogP contribution >= 0.6 is 11.6 Å². The summed E-state index contributed by atoms with van der Waals surface area (Å²) in [5, 5.41) is 2.04. The highest BCUT2D eigenvalue weighted by molar-refractivity contribution is 6.30. The second-order valence-electron chi connectivity index (χ2n) is 4.69. The number of benzene rings is 1. The molecule has 112 valence electrons. The van der Waals surface area contributed by atoms with Crippen molar-refractivity contribution in [2.24, 2.45) is 0 Å². The number of aromatic nitrogens is 2. The Labute approximate surface area is 133 Å². The van der Waals surface area contributed by atoms with E-state index in [0.29, 0.717) is 30.0 Å². The maximum absolute atomic E-state index is 5.99. The first kappa shape index (κ1) is 14.6. The number of rotatable bonds is 5. The molecule has 0 aliphatic carbocycles. The van der Waals surface area contributed by atoms with E-state index < -0.39 is 0 Å². The molecule has 0 atom stereocenters. The first-order valence-corrected chi connectivity index (χ1v) is 7.39. The first-order chi connectivity index (χ1) is 10.8. The molecule has 0 N–H and O–H groups in total. The van der Waals surface area contributed by atoms with Gasteiger partial charge in [-0.25, -0.2) is 9.97 Å². The summed E-state index contributed by atoms with van der Waals surface area (Å²) in [5.74, 6) is 1.19. The zero-order valence-electron chi connectivity index (χ0n) is 12.1. The fourth-order valence-electron chi connectivity index (χ4n) is 2.17. The predicted molar refractivity (Wildman–Crippen MR) is 86.5 cm³/mol. The topological polar surface area (TPSA) is 44.2 Å². The lowest BCUT2D eigenvalue weighted by Gasteiger charge is -2.11. The van der Waals surface area contributed by atoms with Gasteiger partial charge in [-0.3, -0.25) is 0 Å². The molecule has 0 unspecified atom stereocenters. The summed E-state index contributed by atoms with van der Waals surface area (Å²) in [6.07, 6.45) is 3.32. The van der Waals surface area contributed by atoms with Crippen LogP contribution in [0.3, 0.4) is 0 Å². The fraction of sp³-hybridized carbons (Fsp3) is 0.176. The highest BCUT2D eigenvalue weighted by Crippen LogP contribution is 2.32. The Bertz CT molecular complexity index is 778. The molecule has 22 heavy (non-hydrogen) atoms. The van der Waals surface area contributed by atoms with E-state index in [4.69, 9.17) is 21.1 Å². The average molecular weight is 315 g/mol. The van der Waals surface area contributed by atoms with Crippen LogP contribution in [0.25, 0.3) is 10.8 Å². The van der Waals surface area contributed by atoms with Gasteiger partial charge in [-0.15, -0.1) is 0 Å². The molecule has 2 heterocycles. The van der Waals surface area contributed by atoms with Crippen molar-refractivity contribution < 1.29 is 9.47 Å². The molecule has 0 spiro atoms. The van der Waals surface area contributed by atoms with Gasteiger partial charge in [0.2, 0.25) is 5.88 Å². The smallest absolute Gasteiger partial charge is 0.223 e. The maximum atomic E-state index is 5.99. The van der Waals surface area contributed by atoms with E-state index in [1.165, 1.54) is 0 Å². The number of ether oxygens (including phenoxy) is 2. The van der Waals surface area contributed by atoms with E-state index in [9.17, 15) is 0 Å². The van der Waals surface area contributed by atoms with Crippen LogP contribution in [0.5, 0.6) is 11.6 Å². The molecule has 0 saturated carbocycles. The third-order valence-corrected chi connectivity index (χ3v) is 3.39. The van der Waals surface area contributed by atoms with Gasteiger partial charge in [-0.05, 0) is 18.6 Å². The highest BCUT2D eigenvalue weighted by atomic mass is 35.5. The second kappa shape index (κ2) is 6.62. The van der Waals surface area contributed by atoms with Crippen LogP contribution in [0.4, 0.5) is 0 Å². The van der Waals surface area contributed by atoms with Crippen molar-refractivity contribution in [3.05, 3.63) is 59.5 Å². The minimum absolute atomic E-state index is 0.411. The van der Waals surface area contributed by atoms with Crippen molar-refractivity contribution in [1.29, 1.82) is 0 Å². The summed E-state index contributed by atoms with van der Waals surface area (Å²) in [4.78, 5) is 8.45. The van der Waals surface area contributed by atoms with Crippen LogP contribution in [0.1, 0.15) is 12.5 Å². The Kier molecular flexibility index (Phi) is 4.39. The van der Waals surface area contributed by atoms with E-state index in [2.05, 4.69) is 9.97 Å². The molecular formula is C17H15ClN2O2. The van der Waals surface area contributed by atoms with E-state index >= 15 is 0 Å². The molecule has 3 aromatic rings. The number of hydrogen-bond donors (Lipinski definition) is 0. The van der Waals surface area contributed by atoms with Crippen molar-refractivity contribution >= 4 is 22.4 Å². The lowest BCUT2D eigenvalue weighted by atomic mass is 10.2. The number of nitrogens with zero attached hydrogens (tertiary/aromatic N) is 2. The number of fused-ring (bicyclic) bond motifs is 1. The summed E-state index contributed by atoms with van der Waals surface area (Å²) < 4.78 is 11.4. The van der Waals surface area contributed by atoms with Crippen LogP contribution in [0, 0.1) is 0 Å². The molecule has 0 aliphatic rings. The summed E-state index contributed by atoms with van der Waals surface area (Å²) >= 11 is 5.99. The van der Waals surface area contributed by atoms with Crippen molar-refractivity contribution in [3.63, 3.8) is 0 Å². The first-order valence-electron chi connectivity index (χ1n) is 7.01. The minimum Gasteiger partial charge on any atom is -0.492 e. The molecule has 5 heteroatoms. The van der Waals surface area contributed by atoms with Gasteiger partial charge in [0.25, 0.3) is 0 Å². The molecule has 0 amide bonds. The maximum Gasteiger partial charge on any atom is 0.223 e. The summed E-state index contributed by atoms with van der Waals surface area (Å²) in [6.45, 7) is 2.93. The molecule has 0 aliphatic heterocycles. The normalized spacial score (nSPS) is 10.6. The molecule has 1 aromatic carbocycles. The Morgan fingerprint density at radius 1 is 1.00 bits per heavy atom. The molecule has 0 fully saturated rings. The van der Waals surface area contributed by atoms with E-state index in [1.54, 1.807) is 18.5 Å². The minimum atomic E-state index is 0.411. The van der Waals surface area contributed by atoms with E-state index in [1.807, 2.05) is 37.3 Å². The lowest BCUT2D eigenvalue weighted by Crippen LogP contribution is -2.00. The fourth-order valence-corrected chi connectivity index (χ4v) is 2.33. The molecule has 0 radical (unpaired) electrons. The molecule has 0 saturated heterocycles. The third kappa shape index (κ3) is 3.12. The summed E-state index contributed by atoms with van der Waals surface area (Å²) in [7, 11) is 0. The average Bonchev–Trinajstić information content (AvgIpc) is 2.55. The van der Waals surface area contributed by atoms with Crippen molar-refractivity contribution in [2.75, 3.05) is 6.61 Å². The van der Waals surface area contributed by atoms with E-state index in [0.717, 1.165) is 16.3 Å². The van der Waals surface area contributed by atoms with Gasteiger partial charge >= 0.3 is 0 Å². The predicted octanol–water partition coefficient (Wildman–Crippen LogP) is 4.26. The van der Waals surface area contributed by atoms with Gasteiger partial charge in [0.1, 0.15) is 17.5 Å². The lowest BCUT2D eigenvalue weighted by molar-refractivity contribution is 0.295. The van der Waals surface area contributed by atoms with Crippen molar-refractivity contribution in [2.45, 2.75) is 13.5 Å². The number of halogens is 1. The van der Waals surface area contributed by atoms with Gasteiger partial charge in [-0.2, -0.15) is 0 Å². The Balaban J connectivity index is 1.94. The van der Waals surface area contributed by atoms with Gasteiger partial charge in [0, 0.05) is 11.6 Å². The SMILES string of the molecule is CCOc1cnc(OCc2ccccc2)c2cnc(Cl)cc12. The largest absolute Gasteiger partial charge is 0.492 e. The second-order valence-corrected chi connectivity index (χ2v) is 5.07. The van der Waals surface area contributed by atoms with Crippen LogP contribution in [-0.4, -0.2) is 16.6 Å². The summed E-state index contributed by atoms with van der Waals surface area (Å²) in [6, 6.07) is 11.7.